The minimum atomic E-state index is 0.664. The van der Waals surface area contributed by atoms with Gasteiger partial charge in [0.2, 0.25) is 0 Å². The first-order valence-electron chi connectivity index (χ1n) is 7.11. The molecule has 0 saturated heterocycles. The summed E-state index contributed by atoms with van der Waals surface area (Å²) in [5, 5.41) is 0. The third-order valence-corrected chi connectivity index (χ3v) is 4.01. The fourth-order valence-corrected chi connectivity index (χ4v) is 2.92. The molecule has 2 rings (SSSR count). The Morgan fingerprint density at radius 3 is 2.82 bits per heavy atom. The zero-order chi connectivity index (χ0) is 12.1. The smallest absolute Gasteiger partial charge is 0.0347 e. The Bertz CT molecular complexity index is 345. The quantitative estimate of drug-likeness (QED) is 0.687. The van der Waals surface area contributed by atoms with Crippen LogP contribution >= 0.6 is 0 Å². The topological polar surface area (TPSA) is 3.24 Å². The van der Waals surface area contributed by atoms with Gasteiger partial charge in [0, 0.05) is 12.6 Å². The molecule has 1 heterocycles. The molecule has 0 spiro atoms. The van der Waals surface area contributed by atoms with E-state index in [1.165, 1.54) is 45.1 Å². The Balaban J connectivity index is 2.00. The van der Waals surface area contributed by atoms with Crippen molar-refractivity contribution in [2.24, 2.45) is 0 Å². The number of hydrogen-bond donors (Lipinski definition) is 0. The zero-order valence-electron chi connectivity index (χ0n) is 11.3. The van der Waals surface area contributed by atoms with Crippen LogP contribution in [0.25, 0.3) is 0 Å². The van der Waals surface area contributed by atoms with Crippen LogP contribution < -0.4 is 0 Å². The monoisotopic (exact) mass is 231 g/mol. The Hall–Kier alpha value is -0.820. The van der Waals surface area contributed by atoms with E-state index in [1.807, 2.05) is 0 Å². The third kappa shape index (κ3) is 3.10. The lowest BCUT2D eigenvalue weighted by Crippen LogP contribution is -2.32. The normalized spacial score (nSPS) is 20.2. The molecule has 0 radical (unpaired) electrons. The van der Waals surface area contributed by atoms with E-state index in [0.29, 0.717) is 6.04 Å². The van der Waals surface area contributed by atoms with Gasteiger partial charge in [-0.2, -0.15) is 0 Å². The van der Waals surface area contributed by atoms with Crippen molar-refractivity contribution in [3.8, 4) is 0 Å². The van der Waals surface area contributed by atoms with E-state index in [-0.39, 0.29) is 0 Å². The summed E-state index contributed by atoms with van der Waals surface area (Å²) in [6.45, 7) is 3.50. The van der Waals surface area contributed by atoms with Crippen molar-refractivity contribution in [1.82, 2.24) is 4.90 Å². The van der Waals surface area contributed by atoms with Crippen molar-refractivity contribution < 1.29 is 0 Å². The molecule has 0 bridgehead atoms. The zero-order valence-corrected chi connectivity index (χ0v) is 11.3. The van der Waals surface area contributed by atoms with Crippen molar-refractivity contribution in [2.75, 3.05) is 13.6 Å². The number of benzene rings is 1. The lowest BCUT2D eigenvalue weighted by Gasteiger charge is -2.34. The van der Waals surface area contributed by atoms with E-state index in [0.717, 1.165) is 0 Å². The highest BCUT2D eigenvalue weighted by Crippen LogP contribution is 2.32. The summed E-state index contributed by atoms with van der Waals surface area (Å²) >= 11 is 0. The average Bonchev–Trinajstić information content (AvgIpc) is 2.37. The summed E-state index contributed by atoms with van der Waals surface area (Å²) in [6.07, 6.45) is 8.03. The fraction of sp³-hybridized carbons (Fsp3) is 0.625. The van der Waals surface area contributed by atoms with Gasteiger partial charge in [-0.05, 0) is 31.0 Å². The molecule has 0 amide bonds. The summed E-state index contributed by atoms with van der Waals surface area (Å²) in [6, 6.07) is 9.67. The first-order valence-corrected chi connectivity index (χ1v) is 7.11. The molecule has 1 heteroatoms. The second kappa shape index (κ2) is 6.20. The predicted octanol–water partition coefficient (Wildman–Crippen LogP) is 4.19. The van der Waals surface area contributed by atoms with E-state index in [2.05, 4.69) is 43.1 Å². The molecule has 0 fully saturated rings. The molecule has 1 aliphatic rings. The number of fused-ring (bicyclic) bond motifs is 1. The van der Waals surface area contributed by atoms with Crippen molar-refractivity contribution in [3.05, 3.63) is 35.4 Å². The maximum Gasteiger partial charge on any atom is 0.0347 e. The molecule has 1 atom stereocenters. The van der Waals surface area contributed by atoms with Crippen LogP contribution in [-0.4, -0.2) is 18.5 Å². The van der Waals surface area contributed by atoms with Gasteiger partial charge < -0.3 is 0 Å². The van der Waals surface area contributed by atoms with Crippen molar-refractivity contribution in [2.45, 2.75) is 51.5 Å². The van der Waals surface area contributed by atoms with Crippen LogP contribution in [0.1, 0.15) is 56.2 Å². The Labute approximate surface area is 106 Å². The van der Waals surface area contributed by atoms with Crippen LogP contribution in [0.5, 0.6) is 0 Å². The average molecular weight is 231 g/mol. The first kappa shape index (κ1) is 12.6. The third-order valence-electron chi connectivity index (χ3n) is 4.01. The lowest BCUT2D eigenvalue weighted by atomic mass is 9.90. The molecule has 1 aromatic carbocycles. The van der Waals surface area contributed by atoms with E-state index >= 15 is 0 Å². The highest BCUT2D eigenvalue weighted by atomic mass is 15.1. The number of rotatable bonds is 5. The molecule has 17 heavy (non-hydrogen) atoms. The SMILES string of the molecule is CCCCCCC1c2ccccc2CCN1C. The summed E-state index contributed by atoms with van der Waals surface area (Å²) in [5.41, 5.74) is 3.16. The summed E-state index contributed by atoms with van der Waals surface area (Å²) < 4.78 is 0. The van der Waals surface area contributed by atoms with Gasteiger partial charge in [0.05, 0.1) is 0 Å². The largest absolute Gasteiger partial charge is 0.299 e. The van der Waals surface area contributed by atoms with Gasteiger partial charge in [0.1, 0.15) is 0 Å². The van der Waals surface area contributed by atoms with Crippen LogP contribution in [-0.2, 0) is 6.42 Å². The minimum Gasteiger partial charge on any atom is -0.299 e. The minimum absolute atomic E-state index is 0.664. The van der Waals surface area contributed by atoms with Gasteiger partial charge in [-0.3, -0.25) is 4.90 Å². The molecule has 0 N–H and O–H groups in total. The molecule has 1 aromatic rings. The van der Waals surface area contributed by atoms with E-state index in [1.54, 1.807) is 11.1 Å². The predicted molar refractivity (Wildman–Crippen MR) is 74.3 cm³/mol. The van der Waals surface area contributed by atoms with E-state index < -0.39 is 0 Å². The van der Waals surface area contributed by atoms with Crippen LogP contribution in [0, 0.1) is 0 Å². The molecule has 94 valence electrons. The van der Waals surface area contributed by atoms with Crippen LogP contribution in [0.15, 0.2) is 24.3 Å². The summed E-state index contributed by atoms with van der Waals surface area (Å²) in [7, 11) is 2.28. The van der Waals surface area contributed by atoms with Gasteiger partial charge in [0.15, 0.2) is 0 Å². The second-order valence-electron chi connectivity index (χ2n) is 5.29. The molecule has 0 aromatic heterocycles. The maximum atomic E-state index is 2.54. The highest BCUT2D eigenvalue weighted by molar-refractivity contribution is 5.32. The van der Waals surface area contributed by atoms with Crippen LogP contribution in [0.3, 0.4) is 0 Å². The Kier molecular flexibility index (Phi) is 4.61. The molecule has 1 nitrogen and oxygen atoms in total. The number of nitrogens with zero attached hydrogens (tertiary/aromatic N) is 1. The van der Waals surface area contributed by atoms with Gasteiger partial charge in [0.25, 0.3) is 0 Å². The summed E-state index contributed by atoms with van der Waals surface area (Å²) in [4.78, 5) is 2.54. The van der Waals surface area contributed by atoms with Gasteiger partial charge in [-0.1, -0.05) is 56.9 Å². The first-order chi connectivity index (χ1) is 8.33. The standard InChI is InChI=1S/C16H25N/c1-3-4-5-6-11-16-15-10-8-7-9-14(15)12-13-17(16)2/h7-10,16H,3-6,11-13H2,1-2H3. The van der Waals surface area contributed by atoms with Crippen molar-refractivity contribution in [1.29, 1.82) is 0 Å². The number of unbranched alkanes of at least 4 members (excludes halogenated alkanes) is 3. The lowest BCUT2D eigenvalue weighted by molar-refractivity contribution is 0.215. The van der Waals surface area contributed by atoms with Crippen LogP contribution in [0.4, 0.5) is 0 Å². The molecule has 0 aliphatic carbocycles. The van der Waals surface area contributed by atoms with Gasteiger partial charge in [-0.15, -0.1) is 0 Å². The van der Waals surface area contributed by atoms with Crippen molar-refractivity contribution >= 4 is 0 Å². The second-order valence-corrected chi connectivity index (χ2v) is 5.29. The fourth-order valence-electron chi connectivity index (χ4n) is 2.92. The molecule has 1 aliphatic heterocycles. The molecule has 1 unspecified atom stereocenters. The molecular weight excluding hydrogens is 206 g/mol. The van der Waals surface area contributed by atoms with E-state index in [9.17, 15) is 0 Å². The molecular formula is C16H25N. The number of hydrogen-bond acceptors (Lipinski definition) is 1. The summed E-state index contributed by atoms with van der Waals surface area (Å²) in [5.74, 6) is 0. The number of likely N-dealkylation sites (N-methyl/N-ethyl adjacent to an activating group) is 1. The maximum absolute atomic E-state index is 2.54. The Morgan fingerprint density at radius 2 is 2.00 bits per heavy atom. The highest BCUT2D eigenvalue weighted by Gasteiger charge is 2.23. The van der Waals surface area contributed by atoms with E-state index in [4.69, 9.17) is 0 Å². The van der Waals surface area contributed by atoms with Crippen molar-refractivity contribution in [3.63, 3.8) is 0 Å². The molecule has 0 saturated carbocycles. The Morgan fingerprint density at radius 1 is 1.18 bits per heavy atom. The van der Waals surface area contributed by atoms with Crippen LogP contribution in [0.2, 0.25) is 0 Å². The van der Waals surface area contributed by atoms with Gasteiger partial charge in [-0.25, -0.2) is 0 Å². The van der Waals surface area contributed by atoms with Gasteiger partial charge >= 0.3 is 0 Å².